The fourth-order valence-corrected chi connectivity index (χ4v) is 2.93. The zero-order chi connectivity index (χ0) is 15.7. The van der Waals surface area contributed by atoms with Crippen molar-refractivity contribution in [2.45, 2.75) is 19.0 Å². The van der Waals surface area contributed by atoms with Crippen molar-refractivity contribution in [2.75, 3.05) is 5.32 Å². The van der Waals surface area contributed by atoms with Crippen LogP contribution in [0.5, 0.6) is 0 Å². The number of rotatable bonds is 2. The summed E-state index contributed by atoms with van der Waals surface area (Å²) in [6.07, 6.45) is 1.80. The lowest BCUT2D eigenvalue weighted by molar-refractivity contribution is -0.136. The van der Waals surface area contributed by atoms with Crippen LogP contribution in [0, 0.1) is 11.8 Å². The summed E-state index contributed by atoms with van der Waals surface area (Å²) in [7, 11) is 0. The van der Waals surface area contributed by atoms with E-state index in [1.807, 2.05) is 0 Å². The molecule has 2 N–H and O–H groups in total. The quantitative estimate of drug-likeness (QED) is 0.491. The van der Waals surface area contributed by atoms with Crippen LogP contribution in [0.2, 0.25) is 0 Å². The van der Waals surface area contributed by atoms with Crippen LogP contribution < -0.4 is 10.7 Å². The van der Waals surface area contributed by atoms with E-state index in [-0.39, 0.29) is 10.8 Å². The van der Waals surface area contributed by atoms with E-state index in [1.165, 1.54) is 18.2 Å². The van der Waals surface area contributed by atoms with Crippen LogP contribution in [0.4, 0.5) is 18.9 Å². The fourth-order valence-electron chi connectivity index (χ4n) is 2.77. The molecule has 1 fully saturated rings. The number of hydrogen-bond donors (Lipinski definition) is 2. The van der Waals surface area contributed by atoms with Gasteiger partial charge >= 0.3 is 6.18 Å². The number of fused-ring (bicyclic) bond motifs is 1. The van der Waals surface area contributed by atoms with E-state index in [2.05, 4.69) is 28.0 Å². The minimum atomic E-state index is -4.43. The number of allylic oxidation sites excluding steroid dienone is 2. The monoisotopic (exact) mass is 325 g/mol. The number of benzene rings is 1. The lowest BCUT2D eigenvalue weighted by Crippen LogP contribution is -2.36. The molecular formula is C15H14F3N3S. The topological polar surface area (TPSA) is 36.4 Å². The standard InChI is InChI=1S/C15H14F3N3S/c16-15(17,18)11-6-1-2-7-12(11)19-14(22)21-20-13-8-9-4-3-5-10(9)13/h1-3,5-7,9-10H,4,8H2,(H2,19,21,22)/b20-13-/t9-,10-/m0/s1. The highest BCUT2D eigenvalue weighted by molar-refractivity contribution is 7.80. The first kappa shape index (κ1) is 15.0. The van der Waals surface area contributed by atoms with Gasteiger partial charge in [-0.2, -0.15) is 18.3 Å². The van der Waals surface area contributed by atoms with Gasteiger partial charge in [0, 0.05) is 11.6 Å². The Hall–Kier alpha value is -1.89. The number of hydrazone groups is 1. The molecule has 2 aliphatic rings. The molecule has 1 aromatic rings. The Kier molecular flexibility index (Phi) is 3.90. The van der Waals surface area contributed by atoms with Gasteiger partial charge in [0.1, 0.15) is 0 Å². The molecule has 1 aromatic carbocycles. The first-order valence-corrected chi connectivity index (χ1v) is 7.32. The molecular weight excluding hydrogens is 311 g/mol. The number of para-hydroxylation sites is 1. The first-order valence-electron chi connectivity index (χ1n) is 6.91. The van der Waals surface area contributed by atoms with Crippen molar-refractivity contribution < 1.29 is 13.2 Å². The first-order chi connectivity index (χ1) is 10.4. The summed E-state index contributed by atoms with van der Waals surface area (Å²) in [5.74, 6) is 0.991. The van der Waals surface area contributed by atoms with Gasteiger partial charge in [-0.3, -0.25) is 5.43 Å². The molecule has 0 unspecified atom stereocenters. The van der Waals surface area contributed by atoms with Crippen LogP contribution in [0.1, 0.15) is 18.4 Å². The molecule has 0 aromatic heterocycles. The Bertz CT molecular complexity index is 652. The minimum absolute atomic E-state index is 0.0506. The zero-order valence-corrected chi connectivity index (χ0v) is 12.3. The molecule has 0 aliphatic heterocycles. The lowest BCUT2D eigenvalue weighted by atomic mass is 9.74. The van der Waals surface area contributed by atoms with E-state index in [0.29, 0.717) is 11.8 Å². The van der Waals surface area contributed by atoms with E-state index < -0.39 is 11.7 Å². The van der Waals surface area contributed by atoms with Crippen LogP contribution in [0.3, 0.4) is 0 Å². The molecule has 0 spiro atoms. The van der Waals surface area contributed by atoms with Crippen LogP contribution >= 0.6 is 12.2 Å². The number of thiocarbonyl (C=S) groups is 1. The van der Waals surface area contributed by atoms with Crippen LogP contribution in [-0.2, 0) is 6.18 Å². The number of halogens is 3. The van der Waals surface area contributed by atoms with Gasteiger partial charge < -0.3 is 5.32 Å². The van der Waals surface area contributed by atoms with E-state index in [9.17, 15) is 13.2 Å². The summed E-state index contributed by atoms with van der Waals surface area (Å²) in [6.45, 7) is 0. The van der Waals surface area contributed by atoms with Crippen molar-refractivity contribution in [1.82, 2.24) is 5.43 Å². The maximum atomic E-state index is 12.9. The smallest absolute Gasteiger partial charge is 0.331 e. The molecule has 0 saturated heterocycles. The predicted molar refractivity (Wildman–Crippen MR) is 83.6 cm³/mol. The highest BCUT2D eigenvalue weighted by Crippen LogP contribution is 2.40. The average Bonchev–Trinajstić information content (AvgIpc) is 2.80. The van der Waals surface area contributed by atoms with Gasteiger partial charge in [-0.25, -0.2) is 0 Å². The highest BCUT2D eigenvalue weighted by Gasteiger charge is 2.38. The van der Waals surface area contributed by atoms with Crippen LogP contribution in [0.25, 0.3) is 0 Å². The number of nitrogens with one attached hydrogen (secondary N) is 2. The Morgan fingerprint density at radius 1 is 1.27 bits per heavy atom. The molecule has 3 rings (SSSR count). The van der Waals surface area contributed by atoms with Crippen molar-refractivity contribution in [3.63, 3.8) is 0 Å². The van der Waals surface area contributed by atoms with E-state index in [4.69, 9.17) is 12.2 Å². The van der Waals surface area contributed by atoms with Crippen LogP contribution in [-0.4, -0.2) is 10.8 Å². The van der Waals surface area contributed by atoms with Gasteiger partial charge in [0.05, 0.1) is 11.3 Å². The summed E-state index contributed by atoms with van der Waals surface area (Å²) in [4.78, 5) is 0. The molecule has 7 heteroatoms. The molecule has 116 valence electrons. The third kappa shape index (κ3) is 2.99. The van der Waals surface area contributed by atoms with Gasteiger partial charge in [-0.15, -0.1) is 0 Å². The van der Waals surface area contributed by atoms with Crippen molar-refractivity contribution >= 4 is 28.7 Å². The molecule has 0 radical (unpaired) electrons. The molecule has 0 heterocycles. The Labute approximate surface area is 131 Å². The second-order valence-electron chi connectivity index (χ2n) is 5.37. The van der Waals surface area contributed by atoms with Crippen molar-refractivity contribution in [3.05, 3.63) is 42.0 Å². The zero-order valence-electron chi connectivity index (χ0n) is 11.5. The molecule has 1 saturated carbocycles. The molecule has 0 bridgehead atoms. The van der Waals surface area contributed by atoms with E-state index in [0.717, 1.165) is 24.6 Å². The summed E-state index contributed by atoms with van der Waals surface area (Å²) < 4.78 is 38.7. The highest BCUT2D eigenvalue weighted by atomic mass is 32.1. The van der Waals surface area contributed by atoms with Crippen molar-refractivity contribution in [1.29, 1.82) is 0 Å². The van der Waals surface area contributed by atoms with Gasteiger partial charge in [0.25, 0.3) is 0 Å². The summed E-state index contributed by atoms with van der Waals surface area (Å²) in [6, 6.07) is 5.21. The van der Waals surface area contributed by atoms with E-state index >= 15 is 0 Å². The number of hydrogen-bond acceptors (Lipinski definition) is 2. The maximum Gasteiger partial charge on any atom is 0.418 e. The van der Waals surface area contributed by atoms with E-state index in [1.54, 1.807) is 0 Å². The normalized spacial score (nSPS) is 24.8. The van der Waals surface area contributed by atoms with Gasteiger partial charge in [-0.05, 0) is 43.1 Å². The third-order valence-corrected chi connectivity index (χ3v) is 4.12. The molecule has 2 atom stereocenters. The number of anilines is 1. The summed E-state index contributed by atoms with van der Waals surface area (Å²) in [5, 5.41) is 6.80. The second kappa shape index (κ2) is 5.72. The fraction of sp³-hybridized carbons (Fsp3) is 0.333. The molecule has 3 nitrogen and oxygen atoms in total. The average molecular weight is 325 g/mol. The molecule has 22 heavy (non-hydrogen) atoms. The Morgan fingerprint density at radius 3 is 2.77 bits per heavy atom. The van der Waals surface area contributed by atoms with Gasteiger partial charge in [0.2, 0.25) is 0 Å². The minimum Gasteiger partial charge on any atom is -0.331 e. The molecule has 2 aliphatic carbocycles. The summed E-state index contributed by atoms with van der Waals surface area (Å²) in [5.41, 5.74) is 2.79. The van der Waals surface area contributed by atoms with Crippen LogP contribution in [0.15, 0.2) is 41.5 Å². The number of nitrogens with zero attached hydrogens (tertiary/aromatic N) is 1. The Balaban J connectivity index is 1.63. The maximum absolute atomic E-state index is 12.9. The van der Waals surface area contributed by atoms with Gasteiger partial charge in [-0.1, -0.05) is 24.3 Å². The SMILES string of the molecule is FC(F)(F)c1ccccc1NC(=S)N/N=C1/C[C@@H]2CC=C[C@H]12. The Morgan fingerprint density at radius 2 is 2.05 bits per heavy atom. The van der Waals surface area contributed by atoms with Crippen molar-refractivity contribution in [3.8, 4) is 0 Å². The number of alkyl halides is 3. The second-order valence-corrected chi connectivity index (χ2v) is 5.77. The predicted octanol–water partition coefficient (Wildman–Crippen LogP) is 3.94. The van der Waals surface area contributed by atoms with Gasteiger partial charge in [0.15, 0.2) is 5.11 Å². The third-order valence-electron chi connectivity index (χ3n) is 3.93. The van der Waals surface area contributed by atoms with Crippen molar-refractivity contribution in [2.24, 2.45) is 16.9 Å². The summed E-state index contributed by atoms with van der Waals surface area (Å²) >= 11 is 5.01. The lowest BCUT2D eigenvalue weighted by Gasteiger charge is -2.31. The largest absolute Gasteiger partial charge is 0.418 e. The molecule has 0 amide bonds.